The highest BCUT2D eigenvalue weighted by molar-refractivity contribution is 5.81. The van der Waals surface area contributed by atoms with Crippen molar-refractivity contribution in [2.45, 2.75) is 45.6 Å². The fourth-order valence-corrected chi connectivity index (χ4v) is 1.68. The molecule has 0 aromatic heterocycles. The minimum atomic E-state index is 0.0521. The van der Waals surface area contributed by atoms with Crippen LogP contribution >= 0.6 is 0 Å². The van der Waals surface area contributed by atoms with Gasteiger partial charge in [0.25, 0.3) is 0 Å². The van der Waals surface area contributed by atoms with Gasteiger partial charge < -0.3 is 10.6 Å². The lowest BCUT2D eigenvalue weighted by atomic mass is 10.1. The van der Waals surface area contributed by atoms with Crippen molar-refractivity contribution in [3.8, 4) is 0 Å². The van der Waals surface area contributed by atoms with Crippen molar-refractivity contribution >= 4 is 5.91 Å². The summed E-state index contributed by atoms with van der Waals surface area (Å²) in [6, 6.07) is 0.0521. The maximum atomic E-state index is 11.7. The van der Waals surface area contributed by atoms with Gasteiger partial charge in [0.15, 0.2) is 0 Å². The maximum Gasteiger partial charge on any atom is 0.237 e. The van der Waals surface area contributed by atoms with E-state index >= 15 is 0 Å². The van der Waals surface area contributed by atoms with Crippen LogP contribution in [-0.2, 0) is 4.79 Å². The minimum absolute atomic E-state index is 0.0521. The molecule has 3 heteroatoms. The van der Waals surface area contributed by atoms with Gasteiger partial charge in [-0.25, -0.2) is 0 Å². The Labute approximate surface area is 86.6 Å². The topological polar surface area (TPSA) is 41.1 Å². The fraction of sp³-hybridized carbons (Fsp3) is 0.909. The van der Waals surface area contributed by atoms with Gasteiger partial charge in [-0.15, -0.1) is 0 Å². The second-order valence-electron chi connectivity index (χ2n) is 4.50. The van der Waals surface area contributed by atoms with Crippen molar-refractivity contribution in [3.05, 3.63) is 0 Å². The van der Waals surface area contributed by atoms with Crippen LogP contribution in [0.25, 0.3) is 0 Å². The van der Waals surface area contributed by atoms with Gasteiger partial charge in [-0.3, -0.25) is 4.79 Å². The molecule has 1 fully saturated rings. The molecular formula is C11H22N2O. The highest BCUT2D eigenvalue weighted by Gasteiger charge is 2.18. The van der Waals surface area contributed by atoms with E-state index in [1.807, 2.05) is 0 Å². The van der Waals surface area contributed by atoms with E-state index < -0.39 is 0 Å². The molecule has 1 unspecified atom stereocenters. The van der Waals surface area contributed by atoms with Crippen molar-refractivity contribution in [1.29, 1.82) is 0 Å². The smallest absolute Gasteiger partial charge is 0.237 e. The minimum Gasteiger partial charge on any atom is -0.354 e. The van der Waals surface area contributed by atoms with Gasteiger partial charge in [-0.2, -0.15) is 0 Å². The van der Waals surface area contributed by atoms with Gasteiger partial charge in [-0.05, 0) is 25.3 Å². The highest BCUT2D eigenvalue weighted by Crippen LogP contribution is 2.08. The Bertz CT molecular complexity index is 172. The van der Waals surface area contributed by atoms with Crippen LogP contribution < -0.4 is 10.6 Å². The SMILES string of the molecule is CC(C)CNC(=O)C1CCCCCN1. The van der Waals surface area contributed by atoms with Crippen molar-refractivity contribution < 1.29 is 4.79 Å². The second-order valence-corrected chi connectivity index (χ2v) is 4.50. The molecule has 0 radical (unpaired) electrons. The molecule has 82 valence electrons. The third-order valence-corrected chi connectivity index (χ3v) is 2.56. The average molecular weight is 198 g/mol. The zero-order valence-electron chi connectivity index (χ0n) is 9.31. The molecule has 3 nitrogen and oxygen atoms in total. The van der Waals surface area contributed by atoms with Gasteiger partial charge in [0.2, 0.25) is 5.91 Å². The first-order valence-electron chi connectivity index (χ1n) is 5.71. The van der Waals surface area contributed by atoms with Crippen LogP contribution in [0.2, 0.25) is 0 Å². The Morgan fingerprint density at radius 1 is 1.43 bits per heavy atom. The third kappa shape index (κ3) is 4.09. The summed E-state index contributed by atoms with van der Waals surface area (Å²) < 4.78 is 0. The van der Waals surface area contributed by atoms with Gasteiger partial charge in [-0.1, -0.05) is 26.7 Å². The zero-order chi connectivity index (χ0) is 10.4. The van der Waals surface area contributed by atoms with Gasteiger partial charge in [0.05, 0.1) is 6.04 Å². The van der Waals surface area contributed by atoms with E-state index in [0.29, 0.717) is 5.92 Å². The summed E-state index contributed by atoms with van der Waals surface area (Å²) in [6.07, 6.45) is 4.62. The summed E-state index contributed by atoms with van der Waals surface area (Å²) in [5, 5.41) is 6.27. The summed E-state index contributed by atoms with van der Waals surface area (Å²) >= 11 is 0. The number of nitrogens with one attached hydrogen (secondary N) is 2. The van der Waals surface area contributed by atoms with Crippen LogP contribution in [0.4, 0.5) is 0 Å². The first kappa shape index (κ1) is 11.5. The zero-order valence-corrected chi connectivity index (χ0v) is 9.31. The van der Waals surface area contributed by atoms with Crippen molar-refractivity contribution in [2.24, 2.45) is 5.92 Å². The van der Waals surface area contributed by atoms with Crippen LogP contribution in [0.1, 0.15) is 39.5 Å². The lowest BCUT2D eigenvalue weighted by Crippen LogP contribution is -2.44. The Balaban J connectivity index is 2.27. The van der Waals surface area contributed by atoms with E-state index in [1.165, 1.54) is 19.3 Å². The Kier molecular flexibility index (Phi) is 4.94. The van der Waals surface area contributed by atoms with E-state index in [4.69, 9.17) is 0 Å². The normalized spacial score (nSPS) is 23.2. The monoisotopic (exact) mass is 198 g/mol. The van der Waals surface area contributed by atoms with E-state index in [0.717, 1.165) is 19.5 Å². The van der Waals surface area contributed by atoms with Crippen molar-refractivity contribution in [2.75, 3.05) is 13.1 Å². The molecule has 0 aromatic rings. The Hall–Kier alpha value is -0.570. The quantitative estimate of drug-likeness (QED) is 0.717. The van der Waals surface area contributed by atoms with E-state index in [1.54, 1.807) is 0 Å². The first-order chi connectivity index (χ1) is 6.70. The summed E-state index contributed by atoms with van der Waals surface area (Å²) in [4.78, 5) is 11.7. The third-order valence-electron chi connectivity index (χ3n) is 2.56. The molecule has 1 heterocycles. The largest absolute Gasteiger partial charge is 0.354 e. The molecule has 1 aliphatic heterocycles. The standard InChI is InChI=1S/C11H22N2O/c1-9(2)8-13-11(14)10-6-4-3-5-7-12-10/h9-10,12H,3-8H2,1-2H3,(H,13,14). The molecule has 0 spiro atoms. The second kappa shape index (κ2) is 6.02. The van der Waals surface area contributed by atoms with E-state index in [-0.39, 0.29) is 11.9 Å². The van der Waals surface area contributed by atoms with E-state index in [9.17, 15) is 4.79 Å². The Morgan fingerprint density at radius 2 is 2.21 bits per heavy atom. The fourth-order valence-electron chi connectivity index (χ4n) is 1.68. The van der Waals surface area contributed by atoms with Crippen LogP contribution in [0.5, 0.6) is 0 Å². The molecule has 1 atom stereocenters. The van der Waals surface area contributed by atoms with Crippen molar-refractivity contribution in [1.82, 2.24) is 10.6 Å². The molecule has 0 aromatic carbocycles. The number of rotatable bonds is 3. The lowest BCUT2D eigenvalue weighted by Gasteiger charge is -2.16. The van der Waals surface area contributed by atoms with Crippen LogP contribution in [-0.4, -0.2) is 25.0 Å². The molecule has 0 aliphatic carbocycles. The number of hydrogen-bond donors (Lipinski definition) is 2. The summed E-state index contributed by atoms with van der Waals surface area (Å²) in [7, 11) is 0. The van der Waals surface area contributed by atoms with Gasteiger partial charge in [0, 0.05) is 6.54 Å². The number of amides is 1. The Morgan fingerprint density at radius 3 is 2.93 bits per heavy atom. The predicted octanol–water partition coefficient (Wildman–Crippen LogP) is 1.29. The molecule has 1 amide bonds. The molecule has 2 N–H and O–H groups in total. The van der Waals surface area contributed by atoms with Gasteiger partial charge in [0.1, 0.15) is 0 Å². The number of carbonyl (C=O) groups is 1. The summed E-state index contributed by atoms with van der Waals surface area (Å²) in [6.45, 7) is 6.00. The summed E-state index contributed by atoms with van der Waals surface area (Å²) in [5.74, 6) is 0.713. The average Bonchev–Trinajstić information content (AvgIpc) is 2.42. The molecule has 0 bridgehead atoms. The molecule has 1 aliphatic rings. The van der Waals surface area contributed by atoms with Crippen LogP contribution in [0.15, 0.2) is 0 Å². The maximum absolute atomic E-state index is 11.7. The van der Waals surface area contributed by atoms with Crippen molar-refractivity contribution in [3.63, 3.8) is 0 Å². The molecule has 1 rings (SSSR count). The predicted molar refractivity (Wildman–Crippen MR) is 58.1 cm³/mol. The summed E-state index contributed by atoms with van der Waals surface area (Å²) in [5.41, 5.74) is 0. The molecule has 1 saturated heterocycles. The van der Waals surface area contributed by atoms with E-state index in [2.05, 4.69) is 24.5 Å². The number of carbonyl (C=O) groups excluding carboxylic acids is 1. The van der Waals surface area contributed by atoms with Crippen LogP contribution in [0.3, 0.4) is 0 Å². The molecule has 0 saturated carbocycles. The first-order valence-corrected chi connectivity index (χ1v) is 5.71. The molecular weight excluding hydrogens is 176 g/mol. The number of hydrogen-bond acceptors (Lipinski definition) is 2. The lowest BCUT2D eigenvalue weighted by molar-refractivity contribution is -0.123. The van der Waals surface area contributed by atoms with Gasteiger partial charge >= 0.3 is 0 Å². The highest BCUT2D eigenvalue weighted by atomic mass is 16.2. The van der Waals surface area contributed by atoms with Crippen LogP contribution in [0, 0.1) is 5.92 Å². The molecule has 14 heavy (non-hydrogen) atoms.